The van der Waals surface area contributed by atoms with E-state index in [9.17, 15) is 4.79 Å². The second-order valence-electron chi connectivity index (χ2n) is 5.53. The maximum atomic E-state index is 12.4. The molecule has 1 aliphatic heterocycles. The van der Waals surface area contributed by atoms with Crippen molar-refractivity contribution < 1.29 is 9.53 Å². The molecule has 3 nitrogen and oxygen atoms in total. The van der Waals surface area contributed by atoms with Gasteiger partial charge in [0.05, 0.1) is 7.11 Å². The highest BCUT2D eigenvalue weighted by molar-refractivity contribution is 6.30. The van der Waals surface area contributed by atoms with Crippen molar-refractivity contribution in [3.05, 3.63) is 70.3 Å². The number of rotatable bonds is 3. The van der Waals surface area contributed by atoms with Crippen molar-refractivity contribution in [3.63, 3.8) is 0 Å². The van der Waals surface area contributed by atoms with E-state index in [-0.39, 0.29) is 5.91 Å². The van der Waals surface area contributed by atoms with Crippen LogP contribution < -0.4 is 4.74 Å². The molecule has 0 atom stereocenters. The molecule has 0 fully saturated rings. The Morgan fingerprint density at radius 3 is 2.70 bits per heavy atom. The molecule has 2 aromatic carbocycles. The van der Waals surface area contributed by atoms with Gasteiger partial charge in [0.15, 0.2) is 0 Å². The summed E-state index contributed by atoms with van der Waals surface area (Å²) in [6, 6.07) is 13.5. The molecule has 118 valence electrons. The molecular formula is C19H18ClNO2. The molecule has 0 radical (unpaired) electrons. The number of benzene rings is 2. The van der Waals surface area contributed by atoms with E-state index in [0.29, 0.717) is 11.6 Å². The first kappa shape index (κ1) is 15.6. The Balaban J connectivity index is 1.70. The van der Waals surface area contributed by atoms with Crippen molar-refractivity contribution in [2.45, 2.75) is 13.0 Å². The fraction of sp³-hybridized carbons (Fsp3) is 0.211. The zero-order chi connectivity index (χ0) is 16.2. The number of amides is 1. The van der Waals surface area contributed by atoms with Crippen LogP contribution in [0.4, 0.5) is 0 Å². The van der Waals surface area contributed by atoms with Crippen LogP contribution in [0.1, 0.15) is 16.7 Å². The molecule has 0 aromatic heterocycles. The molecule has 4 heteroatoms. The summed E-state index contributed by atoms with van der Waals surface area (Å²) in [5.74, 6) is 0.850. The SMILES string of the molecule is COc1ccc2c(c1)CN(C(=O)/C=C/c1ccc(Cl)cc1)CC2. The predicted molar refractivity (Wildman–Crippen MR) is 92.6 cm³/mol. The highest BCUT2D eigenvalue weighted by atomic mass is 35.5. The molecule has 0 N–H and O–H groups in total. The minimum Gasteiger partial charge on any atom is -0.497 e. The van der Waals surface area contributed by atoms with Crippen LogP contribution in [0.2, 0.25) is 5.02 Å². The van der Waals surface area contributed by atoms with Crippen LogP contribution >= 0.6 is 11.6 Å². The lowest BCUT2D eigenvalue weighted by Crippen LogP contribution is -2.34. The zero-order valence-electron chi connectivity index (χ0n) is 13.0. The van der Waals surface area contributed by atoms with Crippen molar-refractivity contribution >= 4 is 23.6 Å². The molecule has 0 spiro atoms. The first-order valence-corrected chi connectivity index (χ1v) is 7.92. The van der Waals surface area contributed by atoms with Gasteiger partial charge in [0.2, 0.25) is 5.91 Å². The van der Waals surface area contributed by atoms with Gasteiger partial charge in [-0.2, -0.15) is 0 Å². The quantitative estimate of drug-likeness (QED) is 0.799. The average molecular weight is 328 g/mol. The molecule has 0 unspecified atom stereocenters. The molecule has 1 aliphatic rings. The van der Waals surface area contributed by atoms with E-state index >= 15 is 0 Å². The molecule has 0 saturated heterocycles. The van der Waals surface area contributed by atoms with Gasteiger partial charge in [-0.15, -0.1) is 0 Å². The Bertz CT molecular complexity index is 738. The van der Waals surface area contributed by atoms with E-state index in [4.69, 9.17) is 16.3 Å². The monoisotopic (exact) mass is 327 g/mol. The summed E-state index contributed by atoms with van der Waals surface area (Å²) in [7, 11) is 1.66. The van der Waals surface area contributed by atoms with E-state index in [0.717, 1.165) is 29.8 Å². The van der Waals surface area contributed by atoms with Gasteiger partial charge in [-0.25, -0.2) is 0 Å². The van der Waals surface area contributed by atoms with Crippen LogP contribution in [0, 0.1) is 0 Å². The number of methoxy groups -OCH3 is 1. The van der Waals surface area contributed by atoms with Crippen molar-refractivity contribution in [2.75, 3.05) is 13.7 Å². The molecule has 1 heterocycles. The Hall–Kier alpha value is -2.26. The van der Waals surface area contributed by atoms with Gasteiger partial charge in [0, 0.05) is 24.2 Å². The van der Waals surface area contributed by atoms with E-state index in [2.05, 4.69) is 6.07 Å². The second-order valence-corrected chi connectivity index (χ2v) is 5.97. The maximum absolute atomic E-state index is 12.4. The Morgan fingerprint density at radius 1 is 1.17 bits per heavy atom. The summed E-state index contributed by atoms with van der Waals surface area (Å²) in [5.41, 5.74) is 3.40. The smallest absolute Gasteiger partial charge is 0.246 e. The predicted octanol–water partition coefficient (Wildman–Crippen LogP) is 3.95. The molecule has 0 aliphatic carbocycles. The highest BCUT2D eigenvalue weighted by Gasteiger charge is 2.19. The standard InChI is InChI=1S/C19H18ClNO2/c1-23-18-8-5-15-10-11-21(13-16(15)12-18)19(22)9-4-14-2-6-17(20)7-3-14/h2-9,12H,10-11,13H2,1H3/b9-4+. The second kappa shape index (κ2) is 6.88. The van der Waals surface area contributed by atoms with E-state index in [1.54, 1.807) is 13.2 Å². The number of halogens is 1. The van der Waals surface area contributed by atoms with Crippen LogP contribution in [-0.2, 0) is 17.8 Å². The van der Waals surface area contributed by atoms with Crippen molar-refractivity contribution in [1.82, 2.24) is 4.90 Å². The van der Waals surface area contributed by atoms with Crippen LogP contribution in [0.5, 0.6) is 5.75 Å². The van der Waals surface area contributed by atoms with Gasteiger partial charge in [-0.3, -0.25) is 4.79 Å². The van der Waals surface area contributed by atoms with Crippen molar-refractivity contribution in [3.8, 4) is 5.75 Å². The largest absolute Gasteiger partial charge is 0.497 e. The number of hydrogen-bond acceptors (Lipinski definition) is 2. The minimum absolute atomic E-state index is 0.0217. The van der Waals surface area contributed by atoms with Crippen molar-refractivity contribution in [1.29, 1.82) is 0 Å². The third-order valence-electron chi connectivity index (χ3n) is 4.03. The third-order valence-corrected chi connectivity index (χ3v) is 4.28. The molecule has 3 rings (SSSR count). The lowest BCUT2D eigenvalue weighted by Gasteiger charge is -2.28. The summed E-state index contributed by atoms with van der Waals surface area (Å²) >= 11 is 5.86. The maximum Gasteiger partial charge on any atom is 0.246 e. The Morgan fingerprint density at radius 2 is 1.96 bits per heavy atom. The lowest BCUT2D eigenvalue weighted by atomic mass is 9.99. The van der Waals surface area contributed by atoms with Crippen LogP contribution in [0.25, 0.3) is 6.08 Å². The molecule has 0 bridgehead atoms. The lowest BCUT2D eigenvalue weighted by molar-refractivity contribution is -0.126. The number of hydrogen-bond donors (Lipinski definition) is 0. The summed E-state index contributed by atoms with van der Waals surface area (Å²) < 4.78 is 5.26. The van der Waals surface area contributed by atoms with Crippen LogP contribution in [-0.4, -0.2) is 24.5 Å². The third kappa shape index (κ3) is 3.74. The normalized spacial score (nSPS) is 13.9. The fourth-order valence-corrected chi connectivity index (χ4v) is 2.82. The van der Waals surface area contributed by atoms with E-state index in [1.807, 2.05) is 47.4 Å². The van der Waals surface area contributed by atoms with Gasteiger partial charge in [-0.05, 0) is 53.5 Å². The van der Waals surface area contributed by atoms with Gasteiger partial charge in [-0.1, -0.05) is 29.8 Å². The van der Waals surface area contributed by atoms with Gasteiger partial charge in [0.25, 0.3) is 0 Å². The summed E-state index contributed by atoms with van der Waals surface area (Å²) in [6.45, 7) is 1.36. The van der Waals surface area contributed by atoms with Crippen LogP contribution in [0.15, 0.2) is 48.5 Å². The number of ether oxygens (including phenoxy) is 1. The number of fused-ring (bicyclic) bond motifs is 1. The number of carbonyl (C=O) groups excluding carboxylic acids is 1. The Kier molecular flexibility index (Phi) is 4.68. The zero-order valence-corrected chi connectivity index (χ0v) is 13.7. The first-order chi connectivity index (χ1) is 11.2. The van der Waals surface area contributed by atoms with E-state index in [1.165, 1.54) is 5.56 Å². The highest BCUT2D eigenvalue weighted by Crippen LogP contribution is 2.24. The van der Waals surface area contributed by atoms with Gasteiger partial charge >= 0.3 is 0 Å². The number of carbonyl (C=O) groups is 1. The van der Waals surface area contributed by atoms with Gasteiger partial charge < -0.3 is 9.64 Å². The minimum atomic E-state index is 0.0217. The number of nitrogens with zero attached hydrogens (tertiary/aromatic N) is 1. The molecule has 23 heavy (non-hydrogen) atoms. The Labute approximate surface area is 141 Å². The molecular weight excluding hydrogens is 310 g/mol. The summed E-state index contributed by atoms with van der Waals surface area (Å²) in [6.07, 6.45) is 4.31. The summed E-state index contributed by atoms with van der Waals surface area (Å²) in [5, 5.41) is 0.690. The van der Waals surface area contributed by atoms with Crippen molar-refractivity contribution in [2.24, 2.45) is 0 Å². The molecule has 2 aromatic rings. The van der Waals surface area contributed by atoms with Crippen LogP contribution in [0.3, 0.4) is 0 Å². The van der Waals surface area contributed by atoms with E-state index < -0.39 is 0 Å². The summed E-state index contributed by atoms with van der Waals surface area (Å²) in [4.78, 5) is 14.2. The van der Waals surface area contributed by atoms with Gasteiger partial charge in [0.1, 0.15) is 5.75 Å². The first-order valence-electron chi connectivity index (χ1n) is 7.54. The molecule has 0 saturated carbocycles. The molecule has 1 amide bonds. The topological polar surface area (TPSA) is 29.5 Å². The average Bonchev–Trinajstić information content (AvgIpc) is 2.60. The fourth-order valence-electron chi connectivity index (χ4n) is 2.70.